The molecule has 0 spiro atoms. The fourth-order valence-corrected chi connectivity index (χ4v) is 4.53. The van der Waals surface area contributed by atoms with E-state index in [0.717, 1.165) is 49.4 Å². The number of rotatable bonds is 10. The van der Waals surface area contributed by atoms with E-state index < -0.39 is 5.97 Å². The van der Waals surface area contributed by atoms with Crippen LogP contribution in [0.15, 0.2) is 84.9 Å². The number of hydrogen-bond donors (Lipinski definition) is 1. The Hall–Kier alpha value is -3.37. The first-order valence-electron chi connectivity index (χ1n) is 12.0. The van der Waals surface area contributed by atoms with Gasteiger partial charge in [0.1, 0.15) is 12.4 Å². The van der Waals surface area contributed by atoms with Crippen molar-refractivity contribution in [2.45, 2.75) is 45.3 Å². The summed E-state index contributed by atoms with van der Waals surface area (Å²) >= 11 is 0. The highest BCUT2D eigenvalue weighted by atomic mass is 16.5. The van der Waals surface area contributed by atoms with Gasteiger partial charge in [0.2, 0.25) is 0 Å². The maximum Gasteiger partial charge on any atom is 0.304 e. The van der Waals surface area contributed by atoms with Crippen LogP contribution in [0.2, 0.25) is 0 Å². The number of nitrogens with zero attached hydrogens (tertiary/aromatic N) is 1. The molecule has 0 saturated carbocycles. The van der Waals surface area contributed by atoms with Gasteiger partial charge in [-0.2, -0.15) is 0 Å². The van der Waals surface area contributed by atoms with Gasteiger partial charge in [0.25, 0.3) is 0 Å². The second-order valence-corrected chi connectivity index (χ2v) is 8.95. The van der Waals surface area contributed by atoms with Crippen LogP contribution in [0, 0.1) is 0 Å². The quantitative estimate of drug-likeness (QED) is 0.381. The van der Waals surface area contributed by atoms with Crippen molar-refractivity contribution in [2.24, 2.45) is 0 Å². The van der Waals surface area contributed by atoms with Crippen molar-refractivity contribution in [1.82, 2.24) is 4.90 Å². The molecule has 0 aromatic heterocycles. The number of aliphatic carboxylic acids is 1. The van der Waals surface area contributed by atoms with Crippen molar-refractivity contribution in [3.05, 3.63) is 113 Å². The van der Waals surface area contributed by atoms with E-state index in [1.165, 1.54) is 16.7 Å². The van der Waals surface area contributed by atoms with Crippen LogP contribution in [0.5, 0.6) is 5.75 Å². The molecule has 1 aliphatic heterocycles. The van der Waals surface area contributed by atoms with E-state index in [1.54, 1.807) is 0 Å². The van der Waals surface area contributed by atoms with Crippen LogP contribution >= 0.6 is 0 Å². The van der Waals surface area contributed by atoms with Gasteiger partial charge < -0.3 is 9.84 Å². The molecule has 0 aliphatic carbocycles. The van der Waals surface area contributed by atoms with Crippen molar-refractivity contribution in [3.63, 3.8) is 0 Å². The van der Waals surface area contributed by atoms with Gasteiger partial charge >= 0.3 is 5.97 Å². The normalized spacial score (nSPS) is 14.6. The first-order chi connectivity index (χ1) is 16.6. The lowest BCUT2D eigenvalue weighted by molar-refractivity contribution is -0.137. The standard InChI is InChI=1S/C30H33NO3/c1-2-5-27(20-30(32)33)26-12-14-29(15-13-26)34-22-24-10-8-23(9-11-24)16-18-31-19-17-25-6-3-4-7-28(25)21-31/h2-15,27H,16-22H2,1H3,(H,32,33)/t27-/m1/s1. The van der Waals surface area contributed by atoms with Crippen molar-refractivity contribution >= 4 is 5.97 Å². The van der Waals surface area contributed by atoms with Crippen LogP contribution in [-0.4, -0.2) is 29.1 Å². The van der Waals surface area contributed by atoms with Gasteiger partial charge in [0.15, 0.2) is 0 Å². The lowest BCUT2D eigenvalue weighted by atomic mass is 9.95. The van der Waals surface area contributed by atoms with Crippen molar-refractivity contribution in [1.29, 1.82) is 0 Å². The summed E-state index contributed by atoms with van der Waals surface area (Å²) in [5, 5.41) is 9.13. The molecule has 3 aromatic carbocycles. The van der Waals surface area contributed by atoms with Crippen LogP contribution in [0.4, 0.5) is 0 Å². The molecule has 4 rings (SSSR count). The fraction of sp³-hybridized carbons (Fsp3) is 0.300. The summed E-state index contributed by atoms with van der Waals surface area (Å²) in [6.45, 7) is 5.67. The SMILES string of the molecule is CC=C[C@H](CC(=O)O)c1ccc(OCc2ccc(CCN3CCc4ccccc4C3)cc2)cc1. The lowest BCUT2D eigenvalue weighted by Crippen LogP contribution is -2.32. The van der Waals surface area contributed by atoms with Crippen LogP contribution in [-0.2, 0) is 30.8 Å². The third-order valence-corrected chi connectivity index (χ3v) is 6.48. The summed E-state index contributed by atoms with van der Waals surface area (Å²) in [5.74, 6) is -0.135. The monoisotopic (exact) mass is 455 g/mol. The van der Waals surface area contributed by atoms with E-state index in [9.17, 15) is 4.79 Å². The van der Waals surface area contributed by atoms with E-state index in [-0.39, 0.29) is 12.3 Å². The molecule has 1 atom stereocenters. The van der Waals surface area contributed by atoms with E-state index >= 15 is 0 Å². The second-order valence-electron chi connectivity index (χ2n) is 8.95. The average Bonchev–Trinajstić information content (AvgIpc) is 2.86. The zero-order chi connectivity index (χ0) is 23.8. The summed E-state index contributed by atoms with van der Waals surface area (Å²) < 4.78 is 5.95. The van der Waals surface area contributed by atoms with Gasteiger partial charge in [-0.1, -0.05) is 72.8 Å². The number of ether oxygens (including phenoxy) is 1. The van der Waals surface area contributed by atoms with E-state index in [0.29, 0.717) is 6.61 Å². The molecule has 0 saturated heterocycles. The Labute approximate surface area is 202 Å². The number of carbonyl (C=O) groups is 1. The minimum Gasteiger partial charge on any atom is -0.489 e. The van der Waals surface area contributed by atoms with Gasteiger partial charge in [-0.3, -0.25) is 9.69 Å². The summed E-state index contributed by atoms with van der Waals surface area (Å²) in [6, 6.07) is 25.2. The van der Waals surface area contributed by atoms with Crippen molar-refractivity contribution < 1.29 is 14.6 Å². The molecule has 0 amide bonds. The topological polar surface area (TPSA) is 49.8 Å². The minimum atomic E-state index is -0.798. The zero-order valence-corrected chi connectivity index (χ0v) is 19.8. The molecule has 0 unspecified atom stereocenters. The van der Waals surface area contributed by atoms with Gasteiger partial charge in [0, 0.05) is 25.6 Å². The molecule has 1 heterocycles. The van der Waals surface area contributed by atoms with E-state index in [1.807, 2.05) is 43.3 Å². The molecule has 3 aromatic rings. The van der Waals surface area contributed by atoms with Gasteiger partial charge in [-0.25, -0.2) is 0 Å². The van der Waals surface area contributed by atoms with Crippen molar-refractivity contribution in [3.8, 4) is 5.75 Å². The summed E-state index contributed by atoms with van der Waals surface area (Å²) in [6.07, 6.45) is 6.10. The van der Waals surface area contributed by atoms with Crippen LogP contribution in [0.25, 0.3) is 0 Å². The number of fused-ring (bicyclic) bond motifs is 1. The molecule has 4 nitrogen and oxygen atoms in total. The molecule has 0 bridgehead atoms. The first kappa shape index (κ1) is 23.8. The lowest BCUT2D eigenvalue weighted by Gasteiger charge is -2.28. The highest BCUT2D eigenvalue weighted by Gasteiger charge is 2.15. The molecule has 0 fully saturated rings. The largest absolute Gasteiger partial charge is 0.489 e. The molecular formula is C30H33NO3. The minimum absolute atomic E-state index is 0.0853. The van der Waals surface area contributed by atoms with Crippen LogP contribution in [0.1, 0.15) is 47.1 Å². The number of carboxylic acids is 1. The number of benzene rings is 3. The Morgan fingerprint density at radius 3 is 2.41 bits per heavy atom. The predicted octanol–water partition coefficient (Wildman–Crippen LogP) is 6.00. The molecule has 0 radical (unpaired) electrons. The van der Waals surface area contributed by atoms with Crippen LogP contribution < -0.4 is 4.74 Å². The maximum absolute atomic E-state index is 11.1. The van der Waals surface area contributed by atoms with Gasteiger partial charge in [0.05, 0.1) is 6.42 Å². The molecule has 1 N–H and O–H groups in total. The molecule has 1 aliphatic rings. The van der Waals surface area contributed by atoms with E-state index in [2.05, 4.69) is 53.4 Å². The van der Waals surface area contributed by atoms with Gasteiger partial charge in [-0.15, -0.1) is 0 Å². The Morgan fingerprint density at radius 2 is 1.71 bits per heavy atom. The maximum atomic E-state index is 11.1. The Bertz CT molecular complexity index is 1100. The smallest absolute Gasteiger partial charge is 0.304 e. The Balaban J connectivity index is 1.25. The molecule has 4 heteroatoms. The third-order valence-electron chi connectivity index (χ3n) is 6.48. The summed E-state index contributed by atoms with van der Waals surface area (Å²) in [7, 11) is 0. The van der Waals surface area contributed by atoms with Crippen LogP contribution in [0.3, 0.4) is 0 Å². The Kier molecular flexibility index (Phi) is 8.16. The summed E-state index contributed by atoms with van der Waals surface area (Å²) in [5.41, 5.74) is 6.43. The van der Waals surface area contributed by atoms with Crippen molar-refractivity contribution in [2.75, 3.05) is 13.1 Å². The predicted molar refractivity (Wildman–Crippen MR) is 136 cm³/mol. The summed E-state index contributed by atoms with van der Waals surface area (Å²) in [4.78, 5) is 13.7. The van der Waals surface area contributed by atoms with E-state index in [4.69, 9.17) is 9.84 Å². The molecular weight excluding hydrogens is 422 g/mol. The first-order valence-corrected chi connectivity index (χ1v) is 12.0. The number of hydrogen-bond acceptors (Lipinski definition) is 3. The average molecular weight is 456 g/mol. The highest BCUT2D eigenvalue weighted by Crippen LogP contribution is 2.24. The highest BCUT2D eigenvalue weighted by molar-refractivity contribution is 5.68. The fourth-order valence-electron chi connectivity index (χ4n) is 4.53. The van der Waals surface area contributed by atoms with Gasteiger partial charge in [-0.05, 0) is 59.7 Å². The third kappa shape index (κ3) is 6.58. The molecule has 34 heavy (non-hydrogen) atoms. The Morgan fingerprint density at radius 1 is 1.00 bits per heavy atom. The molecule has 176 valence electrons. The number of carboxylic acid groups (broad SMARTS) is 1. The second kappa shape index (κ2) is 11.7. The number of allylic oxidation sites excluding steroid dienone is 2. The zero-order valence-electron chi connectivity index (χ0n) is 19.8.